The summed E-state index contributed by atoms with van der Waals surface area (Å²) in [6, 6.07) is 2.69. The van der Waals surface area contributed by atoms with Crippen LogP contribution in [0.25, 0.3) is 0 Å². The van der Waals surface area contributed by atoms with Crippen molar-refractivity contribution in [1.82, 2.24) is 0 Å². The van der Waals surface area contributed by atoms with E-state index in [0.717, 1.165) is 6.61 Å². The molecule has 0 radical (unpaired) electrons. The molecule has 3 nitrogen and oxygen atoms in total. The van der Waals surface area contributed by atoms with Crippen molar-refractivity contribution in [3.8, 4) is 0 Å². The van der Waals surface area contributed by atoms with Crippen molar-refractivity contribution < 1.29 is 9.13 Å². The molecule has 5 heteroatoms. The van der Waals surface area contributed by atoms with Crippen LogP contribution in [0.1, 0.15) is 13.8 Å². The van der Waals surface area contributed by atoms with Gasteiger partial charge in [0.2, 0.25) is 0 Å². The van der Waals surface area contributed by atoms with Gasteiger partial charge in [0.1, 0.15) is 5.82 Å². The van der Waals surface area contributed by atoms with E-state index in [1.807, 2.05) is 0 Å². The first kappa shape index (κ1) is 14.1. The van der Waals surface area contributed by atoms with Crippen LogP contribution in [-0.4, -0.2) is 19.8 Å². The largest absolute Gasteiger partial charge is 0.397 e. The zero-order valence-corrected chi connectivity index (χ0v) is 10.9. The van der Waals surface area contributed by atoms with E-state index in [-0.39, 0.29) is 5.02 Å². The number of nitrogens with one attached hydrogen (secondary N) is 1. The minimum atomic E-state index is -0.509. The Balaban J connectivity index is 2.39. The Morgan fingerprint density at radius 2 is 2.18 bits per heavy atom. The van der Waals surface area contributed by atoms with Crippen LogP contribution >= 0.6 is 11.6 Å². The minimum absolute atomic E-state index is 0.0600. The van der Waals surface area contributed by atoms with E-state index in [0.29, 0.717) is 30.4 Å². The molecule has 0 spiro atoms. The summed E-state index contributed by atoms with van der Waals surface area (Å²) in [7, 11) is 0. The van der Waals surface area contributed by atoms with E-state index in [1.54, 1.807) is 0 Å². The van der Waals surface area contributed by atoms with Gasteiger partial charge in [0.25, 0.3) is 0 Å². The molecule has 0 unspecified atom stereocenters. The Labute approximate surface area is 106 Å². The third kappa shape index (κ3) is 4.79. The highest BCUT2D eigenvalue weighted by molar-refractivity contribution is 6.31. The van der Waals surface area contributed by atoms with Crippen LogP contribution in [0.5, 0.6) is 0 Å². The van der Waals surface area contributed by atoms with E-state index in [1.165, 1.54) is 12.1 Å². The Hall–Kier alpha value is -1.00. The summed E-state index contributed by atoms with van der Waals surface area (Å²) in [5, 5.41) is 3.11. The van der Waals surface area contributed by atoms with Gasteiger partial charge in [-0.3, -0.25) is 0 Å². The summed E-state index contributed by atoms with van der Waals surface area (Å²) >= 11 is 5.67. The number of nitrogen functional groups attached to an aromatic ring is 1. The Morgan fingerprint density at radius 1 is 1.47 bits per heavy atom. The van der Waals surface area contributed by atoms with Gasteiger partial charge in [-0.25, -0.2) is 4.39 Å². The average molecular weight is 261 g/mol. The van der Waals surface area contributed by atoms with E-state index >= 15 is 0 Å². The number of anilines is 2. The fourth-order valence-corrected chi connectivity index (χ4v) is 1.46. The maximum Gasteiger partial charge on any atom is 0.143 e. The first-order valence-electron chi connectivity index (χ1n) is 5.57. The molecule has 1 aromatic carbocycles. The molecule has 1 rings (SSSR count). The zero-order chi connectivity index (χ0) is 12.8. The summed E-state index contributed by atoms with van der Waals surface area (Å²) < 4.78 is 18.4. The van der Waals surface area contributed by atoms with Gasteiger partial charge in [0.15, 0.2) is 0 Å². The van der Waals surface area contributed by atoms with Crippen molar-refractivity contribution in [3.63, 3.8) is 0 Å². The molecule has 0 aromatic heterocycles. The summed E-state index contributed by atoms with van der Waals surface area (Å²) in [5.74, 6) is 0.00566. The summed E-state index contributed by atoms with van der Waals surface area (Å²) in [4.78, 5) is 0. The van der Waals surface area contributed by atoms with Gasteiger partial charge in [-0.15, -0.1) is 0 Å². The number of benzene rings is 1. The lowest BCUT2D eigenvalue weighted by molar-refractivity contribution is 0.118. The molecule has 1 aromatic rings. The molecule has 0 heterocycles. The number of nitrogens with two attached hydrogens (primary N) is 1. The Morgan fingerprint density at radius 3 is 2.82 bits per heavy atom. The van der Waals surface area contributed by atoms with Crippen LogP contribution in [-0.2, 0) is 4.74 Å². The Kier molecular flexibility index (Phi) is 5.51. The molecule has 0 aliphatic carbocycles. The van der Waals surface area contributed by atoms with Crippen LogP contribution in [0.3, 0.4) is 0 Å². The predicted octanol–water partition coefficient (Wildman–Crippen LogP) is 3.15. The molecule has 17 heavy (non-hydrogen) atoms. The molecular weight excluding hydrogens is 243 g/mol. The molecule has 0 fully saturated rings. The van der Waals surface area contributed by atoms with E-state index in [2.05, 4.69) is 19.2 Å². The third-order valence-corrected chi connectivity index (χ3v) is 2.40. The highest BCUT2D eigenvalue weighted by atomic mass is 35.5. The average Bonchev–Trinajstić information content (AvgIpc) is 2.24. The summed E-state index contributed by atoms with van der Waals surface area (Å²) in [6.07, 6.45) is 0. The zero-order valence-electron chi connectivity index (χ0n) is 10.1. The summed E-state index contributed by atoms with van der Waals surface area (Å²) in [5.41, 5.74) is 6.62. The highest BCUT2D eigenvalue weighted by Crippen LogP contribution is 2.25. The molecule has 0 amide bonds. The van der Waals surface area contributed by atoms with Crippen molar-refractivity contribution in [3.05, 3.63) is 23.0 Å². The van der Waals surface area contributed by atoms with Crippen molar-refractivity contribution in [2.24, 2.45) is 5.92 Å². The molecule has 0 aliphatic heterocycles. The first-order chi connectivity index (χ1) is 8.00. The number of halogens is 2. The topological polar surface area (TPSA) is 47.3 Å². The molecule has 0 atom stereocenters. The first-order valence-corrected chi connectivity index (χ1v) is 5.94. The lowest BCUT2D eigenvalue weighted by atomic mass is 10.2. The summed E-state index contributed by atoms with van der Waals surface area (Å²) in [6.45, 7) is 6.09. The number of hydrogen-bond donors (Lipinski definition) is 2. The molecular formula is C12H18ClFN2O. The number of rotatable bonds is 6. The van der Waals surface area contributed by atoms with Gasteiger partial charge in [-0.2, -0.15) is 0 Å². The van der Waals surface area contributed by atoms with Gasteiger partial charge in [0, 0.05) is 19.2 Å². The van der Waals surface area contributed by atoms with Gasteiger partial charge in [-0.1, -0.05) is 25.4 Å². The van der Waals surface area contributed by atoms with Crippen molar-refractivity contribution in [2.45, 2.75) is 13.8 Å². The molecule has 0 saturated carbocycles. The standard InChI is InChI=1S/C12H18ClFN2O/c1-8(2)7-17-4-3-16-12-5-9(13)10(14)6-11(12)15/h5-6,8,16H,3-4,7,15H2,1-2H3. The van der Waals surface area contributed by atoms with Crippen LogP contribution in [0.2, 0.25) is 5.02 Å². The molecule has 3 N–H and O–H groups in total. The molecule has 0 saturated heterocycles. The van der Waals surface area contributed by atoms with Crippen LogP contribution in [0.15, 0.2) is 12.1 Å². The van der Waals surface area contributed by atoms with E-state index < -0.39 is 5.82 Å². The second kappa shape index (κ2) is 6.67. The van der Waals surface area contributed by atoms with Gasteiger partial charge < -0.3 is 15.8 Å². The van der Waals surface area contributed by atoms with E-state index in [4.69, 9.17) is 22.1 Å². The predicted molar refractivity (Wildman–Crippen MR) is 70.0 cm³/mol. The molecule has 0 aliphatic rings. The second-order valence-electron chi connectivity index (χ2n) is 4.25. The van der Waals surface area contributed by atoms with Crippen molar-refractivity contribution in [1.29, 1.82) is 0 Å². The maximum atomic E-state index is 13.0. The normalized spacial score (nSPS) is 10.9. The maximum absolute atomic E-state index is 13.0. The van der Waals surface area contributed by atoms with Crippen molar-refractivity contribution in [2.75, 3.05) is 30.8 Å². The monoisotopic (exact) mass is 260 g/mol. The van der Waals surface area contributed by atoms with Crippen LogP contribution in [0, 0.1) is 11.7 Å². The number of ether oxygens (including phenoxy) is 1. The van der Waals surface area contributed by atoms with Crippen LogP contribution < -0.4 is 11.1 Å². The molecule has 96 valence electrons. The van der Waals surface area contributed by atoms with Gasteiger partial charge in [0.05, 0.1) is 23.0 Å². The fraction of sp³-hybridized carbons (Fsp3) is 0.500. The smallest absolute Gasteiger partial charge is 0.143 e. The number of hydrogen-bond acceptors (Lipinski definition) is 3. The SMILES string of the molecule is CC(C)COCCNc1cc(Cl)c(F)cc1N. The van der Waals surface area contributed by atoms with Gasteiger partial charge in [-0.05, 0) is 12.0 Å². The van der Waals surface area contributed by atoms with Crippen LogP contribution in [0.4, 0.5) is 15.8 Å². The van der Waals surface area contributed by atoms with E-state index in [9.17, 15) is 4.39 Å². The second-order valence-corrected chi connectivity index (χ2v) is 4.66. The fourth-order valence-electron chi connectivity index (χ4n) is 1.29. The third-order valence-electron chi connectivity index (χ3n) is 2.11. The lowest BCUT2D eigenvalue weighted by Crippen LogP contribution is -2.13. The Bertz CT molecular complexity index is 372. The molecule has 0 bridgehead atoms. The highest BCUT2D eigenvalue weighted by Gasteiger charge is 2.05. The lowest BCUT2D eigenvalue weighted by Gasteiger charge is -2.11. The van der Waals surface area contributed by atoms with Gasteiger partial charge >= 0.3 is 0 Å². The quantitative estimate of drug-likeness (QED) is 0.610. The minimum Gasteiger partial charge on any atom is -0.397 e. The van der Waals surface area contributed by atoms with Crippen molar-refractivity contribution >= 4 is 23.0 Å².